The van der Waals surface area contributed by atoms with Crippen molar-refractivity contribution >= 4 is 5.82 Å². The minimum Gasteiger partial charge on any atom is -0.507 e. The van der Waals surface area contributed by atoms with Crippen LogP contribution in [0.2, 0.25) is 0 Å². The maximum Gasteiger partial charge on any atom is 0.264 e. The lowest BCUT2D eigenvalue weighted by atomic mass is 9.98. The Hall–Kier alpha value is -3.14. The van der Waals surface area contributed by atoms with Crippen molar-refractivity contribution in [3.05, 3.63) is 42.7 Å². The lowest BCUT2D eigenvalue weighted by Crippen LogP contribution is -2.49. The molecular formula is C22H23F3N6O. The fraction of sp³-hybridized carbons (Fsp3) is 0.409. The summed E-state index contributed by atoms with van der Waals surface area (Å²) in [7, 11) is 3.54. The molecule has 4 heterocycles. The number of fused-ring (bicyclic) bond motifs is 2. The van der Waals surface area contributed by atoms with Gasteiger partial charge in [0.25, 0.3) is 5.92 Å². The first-order chi connectivity index (χ1) is 15.2. The first-order valence-corrected chi connectivity index (χ1v) is 10.4. The molecule has 3 aromatic rings. The van der Waals surface area contributed by atoms with Crippen LogP contribution in [-0.4, -0.2) is 56.0 Å². The number of benzene rings is 1. The third-order valence-corrected chi connectivity index (χ3v) is 6.45. The normalized spacial score (nSPS) is 24.0. The Morgan fingerprint density at radius 2 is 1.97 bits per heavy atom. The van der Waals surface area contributed by atoms with E-state index in [0.717, 1.165) is 0 Å². The summed E-state index contributed by atoms with van der Waals surface area (Å²) in [6.07, 6.45) is 6.94. The molecule has 10 heteroatoms. The Morgan fingerprint density at radius 3 is 2.62 bits per heavy atom. The van der Waals surface area contributed by atoms with Crippen LogP contribution in [0.25, 0.3) is 22.4 Å². The molecule has 2 N–H and O–H groups in total. The number of piperidine rings is 1. The number of rotatable bonds is 4. The van der Waals surface area contributed by atoms with Crippen LogP contribution in [0.1, 0.15) is 19.3 Å². The Labute approximate surface area is 182 Å². The van der Waals surface area contributed by atoms with Gasteiger partial charge in [0.1, 0.15) is 17.4 Å². The molecule has 0 spiro atoms. The molecule has 2 aliphatic rings. The molecule has 2 fully saturated rings. The molecule has 3 atom stereocenters. The predicted octanol–water partition coefficient (Wildman–Crippen LogP) is 3.35. The number of nitrogens with zero attached hydrogens (tertiary/aromatic N) is 5. The van der Waals surface area contributed by atoms with Gasteiger partial charge in [-0.25, -0.2) is 18.2 Å². The second-order valence-corrected chi connectivity index (χ2v) is 8.63. The van der Waals surface area contributed by atoms with Gasteiger partial charge in [0, 0.05) is 55.5 Å². The van der Waals surface area contributed by atoms with E-state index in [1.807, 2.05) is 11.9 Å². The summed E-state index contributed by atoms with van der Waals surface area (Å²) in [6, 6.07) is 1.46. The van der Waals surface area contributed by atoms with Gasteiger partial charge in [-0.15, -0.1) is 0 Å². The summed E-state index contributed by atoms with van der Waals surface area (Å²) in [5, 5.41) is 17.5. The number of phenols is 1. The lowest BCUT2D eigenvalue weighted by molar-refractivity contribution is -0.0128. The lowest BCUT2D eigenvalue weighted by Gasteiger charge is -2.36. The van der Waals surface area contributed by atoms with Crippen LogP contribution in [-0.2, 0) is 7.05 Å². The topological polar surface area (TPSA) is 79.1 Å². The number of hydrogen-bond acceptors (Lipinski definition) is 6. The van der Waals surface area contributed by atoms with E-state index < -0.39 is 17.8 Å². The van der Waals surface area contributed by atoms with Gasteiger partial charge in [-0.05, 0) is 25.0 Å². The number of alkyl halides is 2. The van der Waals surface area contributed by atoms with Gasteiger partial charge in [-0.2, -0.15) is 5.10 Å². The van der Waals surface area contributed by atoms with Gasteiger partial charge in [0.15, 0.2) is 0 Å². The molecular weight excluding hydrogens is 421 g/mol. The molecule has 0 saturated carbocycles. The van der Waals surface area contributed by atoms with Crippen LogP contribution in [0.15, 0.2) is 36.9 Å². The maximum atomic E-state index is 14.7. The summed E-state index contributed by atoms with van der Waals surface area (Å²) in [5.41, 5.74) is 1.32. The van der Waals surface area contributed by atoms with Crippen molar-refractivity contribution in [2.24, 2.45) is 7.05 Å². The highest BCUT2D eigenvalue weighted by atomic mass is 19.3. The highest BCUT2D eigenvalue weighted by molar-refractivity contribution is 5.74. The van der Waals surface area contributed by atoms with Gasteiger partial charge < -0.3 is 15.3 Å². The zero-order valence-electron chi connectivity index (χ0n) is 17.6. The minimum absolute atomic E-state index is 0.0793. The Kier molecular flexibility index (Phi) is 4.85. The summed E-state index contributed by atoms with van der Waals surface area (Å²) in [4.78, 5) is 10.6. The van der Waals surface area contributed by atoms with E-state index in [0.29, 0.717) is 29.9 Å². The standard InChI is InChI=1S/C22H23F3N6O/c1-30-11-12(8-28-30)15-6-19(32)16(5-17(15)23)18-9-27-21(10-26-18)31(2)14-3-13-7-22(24,25)20(4-14)29-13/h5-6,8-11,13-14,20,29,32H,3-4,7H2,1-2H3/t13-,14+,20+/m0/s1. The molecule has 2 bridgehead atoms. The quantitative estimate of drug-likeness (QED) is 0.643. The fourth-order valence-electron chi connectivity index (χ4n) is 4.72. The fourth-order valence-corrected chi connectivity index (χ4v) is 4.72. The molecule has 7 nitrogen and oxygen atoms in total. The molecule has 1 aromatic carbocycles. The van der Waals surface area contributed by atoms with Gasteiger partial charge in [-0.1, -0.05) is 0 Å². The number of hydrogen-bond donors (Lipinski definition) is 2. The molecule has 168 valence electrons. The molecule has 32 heavy (non-hydrogen) atoms. The zero-order valence-corrected chi connectivity index (χ0v) is 17.6. The summed E-state index contributed by atoms with van der Waals surface area (Å²) in [5.74, 6) is -2.78. The maximum absolute atomic E-state index is 14.7. The van der Waals surface area contributed by atoms with E-state index in [4.69, 9.17) is 0 Å². The smallest absolute Gasteiger partial charge is 0.264 e. The van der Waals surface area contributed by atoms with E-state index in [-0.39, 0.29) is 35.4 Å². The van der Waals surface area contributed by atoms with Gasteiger partial charge in [0.2, 0.25) is 0 Å². The van der Waals surface area contributed by atoms with E-state index in [1.165, 1.54) is 30.7 Å². The molecule has 0 aliphatic carbocycles. The number of phenolic OH excluding ortho intramolecular Hbond substituents is 1. The van der Waals surface area contributed by atoms with Gasteiger partial charge in [-0.3, -0.25) is 9.67 Å². The zero-order chi connectivity index (χ0) is 22.6. The van der Waals surface area contributed by atoms with Crippen LogP contribution in [0.3, 0.4) is 0 Å². The predicted molar refractivity (Wildman–Crippen MR) is 113 cm³/mol. The van der Waals surface area contributed by atoms with E-state index in [1.54, 1.807) is 17.9 Å². The second-order valence-electron chi connectivity index (χ2n) is 8.63. The molecule has 0 unspecified atom stereocenters. The van der Waals surface area contributed by atoms with Crippen molar-refractivity contribution in [2.45, 2.75) is 43.3 Å². The Morgan fingerprint density at radius 1 is 1.16 bits per heavy atom. The molecule has 0 radical (unpaired) electrons. The highest BCUT2D eigenvalue weighted by Gasteiger charge is 2.53. The summed E-state index contributed by atoms with van der Waals surface area (Å²) in [6.45, 7) is 0. The van der Waals surface area contributed by atoms with Crippen molar-refractivity contribution in [1.29, 1.82) is 0 Å². The number of aromatic nitrogens is 4. The first kappa shape index (κ1) is 20.7. The first-order valence-electron chi connectivity index (χ1n) is 10.4. The second kappa shape index (κ2) is 7.47. The van der Waals surface area contributed by atoms with Crippen molar-refractivity contribution in [2.75, 3.05) is 11.9 Å². The molecule has 2 saturated heterocycles. The van der Waals surface area contributed by atoms with E-state index in [2.05, 4.69) is 20.4 Å². The third-order valence-electron chi connectivity index (χ3n) is 6.45. The average Bonchev–Trinajstić information content (AvgIpc) is 3.28. The number of nitrogens with one attached hydrogen (secondary N) is 1. The van der Waals surface area contributed by atoms with Crippen LogP contribution >= 0.6 is 0 Å². The van der Waals surface area contributed by atoms with Crippen molar-refractivity contribution in [1.82, 2.24) is 25.1 Å². The minimum atomic E-state index is -2.68. The number of aryl methyl sites for hydroxylation is 1. The van der Waals surface area contributed by atoms with Crippen LogP contribution in [0, 0.1) is 5.82 Å². The molecule has 0 amide bonds. The van der Waals surface area contributed by atoms with Crippen LogP contribution < -0.4 is 10.2 Å². The summed E-state index contributed by atoms with van der Waals surface area (Å²) < 4.78 is 44.3. The van der Waals surface area contributed by atoms with Crippen molar-refractivity contribution in [3.8, 4) is 28.1 Å². The van der Waals surface area contributed by atoms with Crippen molar-refractivity contribution in [3.63, 3.8) is 0 Å². The van der Waals surface area contributed by atoms with Gasteiger partial charge in [0.05, 0.1) is 30.3 Å². The summed E-state index contributed by atoms with van der Waals surface area (Å²) >= 11 is 0. The van der Waals surface area contributed by atoms with Crippen molar-refractivity contribution < 1.29 is 18.3 Å². The van der Waals surface area contributed by atoms with Crippen LogP contribution in [0.4, 0.5) is 19.0 Å². The van der Waals surface area contributed by atoms with Crippen LogP contribution in [0.5, 0.6) is 5.75 Å². The van der Waals surface area contributed by atoms with E-state index >= 15 is 0 Å². The number of anilines is 1. The SMILES string of the molecule is CN(c1cnc(-c2cc(F)c(-c3cnn(C)c3)cc2O)cn1)[C@@H]1C[C@H]2CC(F)(F)[C@@H](C1)N2. The molecule has 5 rings (SSSR count). The average molecular weight is 444 g/mol. The third kappa shape index (κ3) is 3.58. The molecule has 2 aliphatic heterocycles. The van der Waals surface area contributed by atoms with E-state index in [9.17, 15) is 18.3 Å². The largest absolute Gasteiger partial charge is 0.507 e. The number of halogens is 3. The highest BCUT2D eigenvalue weighted by Crippen LogP contribution is 2.41. The molecule has 2 aromatic heterocycles. The van der Waals surface area contributed by atoms with Gasteiger partial charge >= 0.3 is 0 Å². The number of aromatic hydroxyl groups is 1. The Bertz CT molecular complexity index is 1150. The Balaban J connectivity index is 1.36. The monoisotopic (exact) mass is 444 g/mol.